The maximum absolute atomic E-state index is 12.6. The van der Waals surface area contributed by atoms with Crippen LogP contribution in [-0.2, 0) is 16.1 Å². The summed E-state index contributed by atoms with van der Waals surface area (Å²) in [5.74, 6) is -0.276. The number of piperidine rings is 1. The quantitative estimate of drug-likeness (QED) is 0.823. The number of urea groups is 1. The number of imide groups is 1. The van der Waals surface area contributed by atoms with Gasteiger partial charge >= 0.3 is 12.1 Å². The Morgan fingerprint density at radius 2 is 1.77 bits per heavy atom. The monoisotopic (exact) mass is 359 g/mol. The molecule has 2 aliphatic heterocycles. The van der Waals surface area contributed by atoms with Crippen molar-refractivity contribution in [2.75, 3.05) is 13.1 Å². The molecular formula is C19H25N3O4. The lowest BCUT2D eigenvalue weighted by molar-refractivity contribution is -0.129. The van der Waals surface area contributed by atoms with Crippen LogP contribution in [0.4, 0.5) is 9.59 Å². The number of carbonyl (C=O) groups is 3. The standard InChI is InChI=1S/C19H25N3O4/c1-18(2,3)26-17(25)21-11-9-19(10-12-21)15(23)20-16(24)22(19)13-14-7-5-4-6-8-14/h4-8H,9-13H2,1-3H3,(H,20,23,24). The molecule has 2 fully saturated rings. The van der Waals surface area contributed by atoms with Crippen LogP contribution in [0.3, 0.4) is 0 Å². The molecule has 0 saturated carbocycles. The molecule has 0 aliphatic carbocycles. The van der Waals surface area contributed by atoms with Gasteiger partial charge in [0.15, 0.2) is 0 Å². The molecule has 2 saturated heterocycles. The summed E-state index contributed by atoms with van der Waals surface area (Å²) >= 11 is 0. The molecule has 1 N–H and O–H groups in total. The lowest BCUT2D eigenvalue weighted by atomic mass is 9.86. The smallest absolute Gasteiger partial charge is 0.410 e. The van der Waals surface area contributed by atoms with Gasteiger partial charge < -0.3 is 14.5 Å². The molecule has 140 valence electrons. The Morgan fingerprint density at radius 3 is 2.35 bits per heavy atom. The minimum absolute atomic E-state index is 0.276. The molecule has 4 amide bonds. The van der Waals surface area contributed by atoms with Crippen molar-refractivity contribution in [1.82, 2.24) is 15.1 Å². The van der Waals surface area contributed by atoms with Crippen LogP contribution in [0.1, 0.15) is 39.2 Å². The Hall–Kier alpha value is -2.57. The summed E-state index contributed by atoms with van der Waals surface area (Å²) in [6, 6.07) is 9.21. The van der Waals surface area contributed by atoms with E-state index in [-0.39, 0.29) is 18.0 Å². The number of carbonyl (C=O) groups excluding carboxylic acids is 3. The van der Waals surface area contributed by atoms with Crippen molar-refractivity contribution in [2.24, 2.45) is 0 Å². The van der Waals surface area contributed by atoms with E-state index >= 15 is 0 Å². The third kappa shape index (κ3) is 3.52. The first-order chi connectivity index (χ1) is 12.2. The second kappa shape index (κ2) is 6.63. The Kier molecular flexibility index (Phi) is 4.64. The highest BCUT2D eigenvalue weighted by Crippen LogP contribution is 2.35. The number of nitrogens with one attached hydrogen (secondary N) is 1. The van der Waals surface area contributed by atoms with Crippen molar-refractivity contribution in [2.45, 2.75) is 51.3 Å². The van der Waals surface area contributed by atoms with E-state index in [2.05, 4.69) is 5.32 Å². The molecule has 0 bridgehead atoms. The third-order valence-electron chi connectivity index (χ3n) is 4.83. The van der Waals surface area contributed by atoms with E-state index in [0.717, 1.165) is 5.56 Å². The fraction of sp³-hybridized carbons (Fsp3) is 0.526. The number of rotatable bonds is 2. The van der Waals surface area contributed by atoms with Gasteiger partial charge in [0.05, 0.1) is 0 Å². The van der Waals surface area contributed by atoms with Gasteiger partial charge in [-0.2, -0.15) is 0 Å². The maximum atomic E-state index is 12.6. The zero-order valence-electron chi connectivity index (χ0n) is 15.4. The molecule has 0 radical (unpaired) electrons. The second-order valence-corrected chi connectivity index (χ2v) is 7.83. The highest BCUT2D eigenvalue weighted by atomic mass is 16.6. The van der Waals surface area contributed by atoms with E-state index in [9.17, 15) is 14.4 Å². The van der Waals surface area contributed by atoms with Crippen molar-refractivity contribution in [3.8, 4) is 0 Å². The van der Waals surface area contributed by atoms with Crippen LogP contribution in [0.25, 0.3) is 0 Å². The van der Waals surface area contributed by atoms with E-state index in [1.54, 1.807) is 9.80 Å². The fourth-order valence-corrected chi connectivity index (χ4v) is 3.47. The van der Waals surface area contributed by atoms with Gasteiger partial charge in [-0.1, -0.05) is 30.3 Å². The maximum Gasteiger partial charge on any atom is 0.410 e. The average Bonchev–Trinajstić information content (AvgIpc) is 2.79. The summed E-state index contributed by atoms with van der Waals surface area (Å²) in [6.45, 7) is 6.58. The van der Waals surface area contributed by atoms with Crippen molar-refractivity contribution >= 4 is 18.0 Å². The number of hydrogen-bond donors (Lipinski definition) is 1. The zero-order chi connectivity index (χ0) is 18.9. The summed E-state index contributed by atoms with van der Waals surface area (Å²) < 4.78 is 5.40. The first-order valence-corrected chi connectivity index (χ1v) is 8.86. The topological polar surface area (TPSA) is 79.0 Å². The third-order valence-corrected chi connectivity index (χ3v) is 4.83. The molecule has 26 heavy (non-hydrogen) atoms. The first-order valence-electron chi connectivity index (χ1n) is 8.86. The van der Waals surface area contributed by atoms with Crippen molar-refractivity contribution < 1.29 is 19.1 Å². The second-order valence-electron chi connectivity index (χ2n) is 7.83. The van der Waals surface area contributed by atoms with E-state index in [0.29, 0.717) is 32.5 Å². The van der Waals surface area contributed by atoms with Crippen LogP contribution < -0.4 is 5.32 Å². The van der Waals surface area contributed by atoms with Crippen LogP contribution in [0.5, 0.6) is 0 Å². The van der Waals surface area contributed by atoms with E-state index in [4.69, 9.17) is 4.74 Å². The van der Waals surface area contributed by atoms with Crippen LogP contribution in [-0.4, -0.2) is 52.1 Å². The van der Waals surface area contributed by atoms with Crippen LogP contribution >= 0.6 is 0 Å². The lowest BCUT2D eigenvalue weighted by Crippen LogP contribution is -2.57. The van der Waals surface area contributed by atoms with Crippen molar-refractivity contribution in [3.05, 3.63) is 35.9 Å². The predicted molar refractivity (Wildman–Crippen MR) is 95.3 cm³/mol. The predicted octanol–water partition coefficient (Wildman–Crippen LogP) is 2.51. The average molecular weight is 359 g/mol. The van der Waals surface area contributed by atoms with Crippen molar-refractivity contribution in [1.29, 1.82) is 0 Å². The number of nitrogens with zero attached hydrogens (tertiary/aromatic N) is 2. The van der Waals surface area contributed by atoms with Gasteiger partial charge in [0.1, 0.15) is 11.1 Å². The minimum Gasteiger partial charge on any atom is -0.444 e. The normalized spacial score (nSPS) is 19.7. The molecule has 2 heterocycles. The summed E-state index contributed by atoms with van der Waals surface area (Å²) in [4.78, 5) is 40.4. The highest BCUT2D eigenvalue weighted by Gasteiger charge is 2.54. The fourth-order valence-electron chi connectivity index (χ4n) is 3.47. The Balaban J connectivity index is 1.73. The molecule has 7 nitrogen and oxygen atoms in total. The summed E-state index contributed by atoms with van der Waals surface area (Å²) in [7, 11) is 0. The summed E-state index contributed by atoms with van der Waals surface area (Å²) in [5.41, 5.74) is -0.496. The van der Waals surface area contributed by atoms with E-state index in [1.165, 1.54) is 0 Å². The molecule has 1 aromatic carbocycles. The molecule has 1 aromatic rings. The number of hydrogen-bond acceptors (Lipinski definition) is 4. The van der Waals surface area contributed by atoms with Gasteiger partial charge in [-0.15, -0.1) is 0 Å². The molecule has 0 unspecified atom stereocenters. The van der Waals surface area contributed by atoms with Gasteiger partial charge in [-0.3, -0.25) is 10.1 Å². The van der Waals surface area contributed by atoms with E-state index < -0.39 is 11.1 Å². The Labute approximate surface area is 153 Å². The zero-order valence-corrected chi connectivity index (χ0v) is 15.4. The largest absolute Gasteiger partial charge is 0.444 e. The summed E-state index contributed by atoms with van der Waals surface area (Å²) in [6.07, 6.45) is 0.416. The number of likely N-dealkylation sites (tertiary alicyclic amines) is 1. The van der Waals surface area contributed by atoms with E-state index in [1.807, 2.05) is 51.1 Å². The number of ether oxygens (including phenoxy) is 1. The molecule has 1 spiro atoms. The van der Waals surface area contributed by atoms with Gasteiger partial charge in [0, 0.05) is 19.6 Å². The van der Waals surface area contributed by atoms with Gasteiger partial charge in [0.25, 0.3) is 5.91 Å². The molecule has 3 rings (SSSR count). The molecule has 0 aromatic heterocycles. The highest BCUT2D eigenvalue weighted by molar-refractivity contribution is 6.07. The van der Waals surface area contributed by atoms with Crippen LogP contribution in [0, 0.1) is 0 Å². The number of benzene rings is 1. The minimum atomic E-state index is -0.897. The molecule has 0 atom stereocenters. The van der Waals surface area contributed by atoms with Crippen LogP contribution in [0.2, 0.25) is 0 Å². The first kappa shape index (κ1) is 18.2. The number of amides is 4. The lowest BCUT2D eigenvalue weighted by Gasteiger charge is -2.42. The summed E-state index contributed by atoms with van der Waals surface area (Å²) in [5, 5.41) is 2.44. The van der Waals surface area contributed by atoms with Gasteiger partial charge in [-0.05, 0) is 39.2 Å². The van der Waals surface area contributed by atoms with Crippen LogP contribution in [0.15, 0.2) is 30.3 Å². The molecule has 2 aliphatic rings. The molecular weight excluding hydrogens is 334 g/mol. The van der Waals surface area contributed by atoms with Gasteiger partial charge in [-0.25, -0.2) is 9.59 Å². The Bertz CT molecular complexity index is 703. The van der Waals surface area contributed by atoms with Gasteiger partial charge in [0.2, 0.25) is 0 Å². The molecule has 7 heteroatoms. The Morgan fingerprint density at radius 1 is 1.15 bits per heavy atom. The van der Waals surface area contributed by atoms with Crippen molar-refractivity contribution in [3.63, 3.8) is 0 Å². The SMILES string of the molecule is CC(C)(C)OC(=O)N1CCC2(CC1)C(=O)NC(=O)N2Cc1ccccc1.